The molecule has 2 heterocycles. The molecular weight excluding hydrogens is 218 g/mol. The lowest BCUT2D eigenvalue weighted by atomic mass is 10.0. The van der Waals surface area contributed by atoms with E-state index in [9.17, 15) is 9.59 Å². The summed E-state index contributed by atoms with van der Waals surface area (Å²) in [6.07, 6.45) is 4.44. The van der Waals surface area contributed by atoms with Crippen molar-refractivity contribution in [1.29, 1.82) is 0 Å². The number of amides is 2. The van der Waals surface area contributed by atoms with E-state index in [1.807, 2.05) is 12.1 Å². The molecule has 1 unspecified atom stereocenters. The summed E-state index contributed by atoms with van der Waals surface area (Å²) in [4.78, 5) is 28.2. The van der Waals surface area contributed by atoms with E-state index in [4.69, 9.17) is 0 Å². The Balaban J connectivity index is 1.92. The van der Waals surface area contributed by atoms with Crippen LogP contribution in [0.1, 0.15) is 18.4 Å². The first-order valence-corrected chi connectivity index (χ1v) is 5.61. The molecule has 0 saturated carbocycles. The summed E-state index contributed by atoms with van der Waals surface area (Å²) < 4.78 is 0. The average molecular weight is 233 g/mol. The highest BCUT2D eigenvalue weighted by molar-refractivity contribution is 6.00. The zero-order valence-electron chi connectivity index (χ0n) is 9.72. The van der Waals surface area contributed by atoms with Gasteiger partial charge in [-0.15, -0.1) is 0 Å². The Hall–Kier alpha value is -1.75. The Bertz CT molecular complexity index is 419. The minimum absolute atomic E-state index is 0.100. The van der Waals surface area contributed by atoms with Crippen molar-refractivity contribution in [2.75, 3.05) is 7.05 Å². The van der Waals surface area contributed by atoms with Gasteiger partial charge in [0.15, 0.2) is 0 Å². The van der Waals surface area contributed by atoms with Gasteiger partial charge in [0.2, 0.25) is 11.8 Å². The van der Waals surface area contributed by atoms with Crippen molar-refractivity contribution in [1.82, 2.24) is 15.2 Å². The summed E-state index contributed by atoms with van der Waals surface area (Å²) in [6, 6.07) is 3.54. The molecule has 0 radical (unpaired) electrons. The number of carbonyl (C=O) groups is 2. The second-order valence-corrected chi connectivity index (χ2v) is 4.12. The Morgan fingerprint density at radius 2 is 2.12 bits per heavy atom. The maximum absolute atomic E-state index is 11.8. The van der Waals surface area contributed by atoms with Crippen LogP contribution in [0.4, 0.5) is 0 Å². The number of nitrogens with zero attached hydrogens (tertiary/aromatic N) is 2. The van der Waals surface area contributed by atoms with Crippen molar-refractivity contribution in [2.24, 2.45) is 0 Å². The van der Waals surface area contributed by atoms with E-state index < -0.39 is 0 Å². The van der Waals surface area contributed by atoms with Crippen LogP contribution in [-0.4, -0.2) is 34.8 Å². The van der Waals surface area contributed by atoms with Gasteiger partial charge in [-0.25, -0.2) is 0 Å². The minimum Gasteiger partial charge on any atom is -0.302 e. The van der Waals surface area contributed by atoms with Crippen LogP contribution in [0, 0.1) is 0 Å². The molecule has 1 fully saturated rings. The van der Waals surface area contributed by atoms with Gasteiger partial charge < -0.3 is 5.32 Å². The monoisotopic (exact) mass is 233 g/mol. The minimum atomic E-state index is -0.258. The van der Waals surface area contributed by atoms with Crippen LogP contribution in [0.5, 0.6) is 0 Å². The lowest BCUT2D eigenvalue weighted by molar-refractivity contribution is -0.148. The third kappa shape index (κ3) is 2.68. The number of pyridine rings is 1. The highest BCUT2D eigenvalue weighted by Gasteiger charge is 2.31. The van der Waals surface area contributed by atoms with Crippen LogP contribution < -0.4 is 5.32 Å². The molecule has 0 bridgehead atoms. The zero-order chi connectivity index (χ0) is 12.3. The van der Waals surface area contributed by atoms with E-state index in [-0.39, 0.29) is 17.9 Å². The highest BCUT2D eigenvalue weighted by atomic mass is 16.2. The van der Waals surface area contributed by atoms with E-state index in [0.717, 1.165) is 5.56 Å². The van der Waals surface area contributed by atoms with Crippen molar-refractivity contribution in [3.05, 3.63) is 30.1 Å². The summed E-state index contributed by atoms with van der Waals surface area (Å²) in [5.41, 5.74) is 1.08. The third-order valence-corrected chi connectivity index (χ3v) is 2.95. The van der Waals surface area contributed by atoms with Crippen molar-refractivity contribution in [3.63, 3.8) is 0 Å². The number of carbonyl (C=O) groups excluding carboxylic acids is 2. The second kappa shape index (κ2) is 5.05. The molecule has 17 heavy (non-hydrogen) atoms. The number of hydrogen-bond donors (Lipinski definition) is 1. The van der Waals surface area contributed by atoms with Gasteiger partial charge in [-0.05, 0) is 24.1 Å². The predicted molar refractivity (Wildman–Crippen MR) is 61.9 cm³/mol. The number of hydrogen-bond acceptors (Lipinski definition) is 4. The molecule has 2 rings (SSSR count). The number of rotatable bonds is 3. The molecule has 5 nitrogen and oxygen atoms in total. The Morgan fingerprint density at radius 1 is 1.41 bits per heavy atom. The number of likely N-dealkylation sites (tertiary alicyclic amines) is 1. The van der Waals surface area contributed by atoms with Gasteiger partial charge in [0.1, 0.15) is 0 Å². The largest absolute Gasteiger partial charge is 0.302 e. The molecule has 1 aromatic heterocycles. The molecule has 5 heteroatoms. The first-order chi connectivity index (χ1) is 8.18. The van der Waals surface area contributed by atoms with Gasteiger partial charge in [0.05, 0.1) is 6.04 Å². The normalized spacial score (nSPS) is 20.8. The van der Waals surface area contributed by atoms with Crippen LogP contribution in [0.25, 0.3) is 0 Å². The Labute approximate surface area is 99.8 Å². The molecule has 1 atom stereocenters. The number of aromatic nitrogens is 1. The van der Waals surface area contributed by atoms with Crippen LogP contribution in [-0.2, 0) is 16.1 Å². The molecule has 1 aliphatic heterocycles. The molecule has 0 aliphatic carbocycles. The van der Waals surface area contributed by atoms with E-state index in [0.29, 0.717) is 19.4 Å². The van der Waals surface area contributed by atoms with Gasteiger partial charge in [-0.1, -0.05) is 0 Å². The Kier molecular flexibility index (Phi) is 3.49. The predicted octanol–water partition coefficient (Wildman–Crippen LogP) is 0.319. The highest BCUT2D eigenvalue weighted by Crippen LogP contribution is 2.12. The van der Waals surface area contributed by atoms with E-state index in [1.165, 1.54) is 11.9 Å². The van der Waals surface area contributed by atoms with E-state index >= 15 is 0 Å². The molecule has 90 valence electrons. The fourth-order valence-corrected chi connectivity index (χ4v) is 1.85. The zero-order valence-corrected chi connectivity index (χ0v) is 9.72. The molecule has 1 N–H and O–H groups in total. The number of likely N-dealkylation sites (N-methyl/N-ethyl adjacent to an activating group) is 1. The Morgan fingerprint density at radius 3 is 2.82 bits per heavy atom. The quantitative estimate of drug-likeness (QED) is 0.764. The summed E-state index contributed by atoms with van der Waals surface area (Å²) in [5.74, 6) is -0.243. The fourth-order valence-electron chi connectivity index (χ4n) is 1.85. The summed E-state index contributed by atoms with van der Waals surface area (Å²) >= 11 is 0. The summed E-state index contributed by atoms with van der Waals surface area (Å²) in [5, 5.41) is 3.17. The van der Waals surface area contributed by atoms with Gasteiger partial charge in [0, 0.05) is 32.4 Å². The first kappa shape index (κ1) is 11.7. The van der Waals surface area contributed by atoms with Crippen LogP contribution in [0.15, 0.2) is 24.5 Å². The maximum Gasteiger partial charge on any atom is 0.246 e. The van der Waals surface area contributed by atoms with Gasteiger partial charge in [-0.2, -0.15) is 0 Å². The molecule has 1 saturated heterocycles. The van der Waals surface area contributed by atoms with E-state index in [1.54, 1.807) is 12.4 Å². The van der Waals surface area contributed by atoms with Crippen LogP contribution in [0.2, 0.25) is 0 Å². The first-order valence-electron chi connectivity index (χ1n) is 5.61. The summed E-state index contributed by atoms with van der Waals surface area (Å²) in [7, 11) is 1.53. The maximum atomic E-state index is 11.8. The molecule has 0 aromatic carbocycles. The van der Waals surface area contributed by atoms with Crippen LogP contribution in [0.3, 0.4) is 0 Å². The standard InChI is InChI=1S/C12H15N3O2/c1-15-11(16)3-2-10(12(15)17)14-8-9-4-6-13-7-5-9/h4-7,10,14H,2-3,8H2,1H3. The number of piperidine rings is 1. The van der Waals surface area contributed by atoms with Gasteiger partial charge >= 0.3 is 0 Å². The third-order valence-electron chi connectivity index (χ3n) is 2.95. The van der Waals surface area contributed by atoms with Crippen molar-refractivity contribution in [3.8, 4) is 0 Å². The SMILES string of the molecule is CN1C(=O)CCC(NCc2ccncc2)C1=O. The molecule has 1 aliphatic rings. The van der Waals surface area contributed by atoms with Gasteiger partial charge in [0.25, 0.3) is 0 Å². The smallest absolute Gasteiger partial charge is 0.246 e. The second-order valence-electron chi connectivity index (χ2n) is 4.12. The molecule has 0 spiro atoms. The van der Waals surface area contributed by atoms with E-state index in [2.05, 4.69) is 10.3 Å². The molecule has 1 aromatic rings. The van der Waals surface area contributed by atoms with Crippen molar-refractivity contribution >= 4 is 11.8 Å². The number of imide groups is 1. The lowest BCUT2D eigenvalue weighted by Crippen LogP contribution is -2.51. The number of nitrogens with one attached hydrogen (secondary N) is 1. The van der Waals surface area contributed by atoms with Crippen molar-refractivity contribution in [2.45, 2.75) is 25.4 Å². The topological polar surface area (TPSA) is 62.3 Å². The lowest BCUT2D eigenvalue weighted by Gasteiger charge is -2.28. The van der Waals surface area contributed by atoms with Crippen molar-refractivity contribution < 1.29 is 9.59 Å². The summed E-state index contributed by atoms with van der Waals surface area (Å²) in [6.45, 7) is 0.612. The average Bonchev–Trinajstić information content (AvgIpc) is 2.36. The molecule has 2 amide bonds. The van der Waals surface area contributed by atoms with Crippen LogP contribution >= 0.6 is 0 Å². The fraction of sp³-hybridized carbons (Fsp3) is 0.417. The molecular formula is C12H15N3O2. The van der Waals surface area contributed by atoms with Gasteiger partial charge in [-0.3, -0.25) is 19.5 Å².